The molecule has 2 rings (SSSR count). The van der Waals surface area contributed by atoms with Gasteiger partial charge in [-0.2, -0.15) is 0 Å². The zero-order valence-corrected chi connectivity index (χ0v) is 9.69. The van der Waals surface area contributed by atoms with Crippen molar-refractivity contribution in [2.45, 2.75) is 32.1 Å². The molecule has 1 saturated carbocycles. The molecule has 2 heteroatoms. The van der Waals surface area contributed by atoms with E-state index in [0.29, 0.717) is 12.5 Å². The van der Waals surface area contributed by atoms with Crippen LogP contribution in [0.15, 0.2) is 30.3 Å². The van der Waals surface area contributed by atoms with E-state index in [0.717, 1.165) is 19.3 Å². The highest BCUT2D eigenvalue weighted by Crippen LogP contribution is 2.47. The Morgan fingerprint density at radius 1 is 1.38 bits per heavy atom. The lowest BCUT2D eigenvalue weighted by Crippen LogP contribution is -2.08. The molecule has 0 bridgehead atoms. The van der Waals surface area contributed by atoms with Gasteiger partial charge in [-0.3, -0.25) is 4.79 Å². The highest BCUT2D eigenvalue weighted by atomic mass is 16.5. The zero-order chi connectivity index (χ0) is 11.4. The van der Waals surface area contributed by atoms with Crippen LogP contribution >= 0.6 is 0 Å². The number of hydrogen-bond donors (Lipinski definition) is 0. The Balaban J connectivity index is 1.80. The van der Waals surface area contributed by atoms with Crippen molar-refractivity contribution in [3.63, 3.8) is 0 Å². The molecule has 1 fully saturated rings. The van der Waals surface area contributed by atoms with Crippen LogP contribution in [0.2, 0.25) is 0 Å². The number of hydrogen-bond acceptors (Lipinski definition) is 2. The molecular formula is C14H18O2. The van der Waals surface area contributed by atoms with Gasteiger partial charge >= 0.3 is 5.97 Å². The summed E-state index contributed by atoms with van der Waals surface area (Å²) in [5, 5.41) is 0. The summed E-state index contributed by atoms with van der Waals surface area (Å²) < 4.78 is 5.22. The second kappa shape index (κ2) is 5.15. The van der Waals surface area contributed by atoms with Crippen LogP contribution in [-0.2, 0) is 9.53 Å². The average Bonchev–Trinajstić information content (AvgIpc) is 3.10. The molecule has 0 heterocycles. The van der Waals surface area contributed by atoms with Crippen LogP contribution in [0.25, 0.3) is 0 Å². The maximum Gasteiger partial charge on any atom is 0.309 e. The average molecular weight is 218 g/mol. The molecule has 16 heavy (non-hydrogen) atoms. The van der Waals surface area contributed by atoms with Gasteiger partial charge in [-0.1, -0.05) is 43.7 Å². The van der Waals surface area contributed by atoms with Gasteiger partial charge in [0.2, 0.25) is 0 Å². The van der Waals surface area contributed by atoms with Gasteiger partial charge in [-0.25, -0.2) is 0 Å². The molecule has 0 aromatic heterocycles. The van der Waals surface area contributed by atoms with Gasteiger partial charge < -0.3 is 4.74 Å². The summed E-state index contributed by atoms with van der Waals surface area (Å²) in [6.07, 6.45) is 2.99. The summed E-state index contributed by atoms with van der Waals surface area (Å²) in [4.78, 5) is 11.6. The van der Waals surface area contributed by atoms with E-state index in [1.54, 1.807) is 0 Å². The zero-order valence-electron chi connectivity index (χ0n) is 9.69. The molecule has 1 aromatic carbocycles. The number of rotatable bonds is 5. The molecule has 0 aliphatic heterocycles. The van der Waals surface area contributed by atoms with Gasteiger partial charge in [-0.05, 0) is 24.3 Å². The maximum absolute atomic E-state index is 11.6. The van der Waals surface area contributed by atoms with E-state index in [2.05, 4.69) is 19.1 Å². The number of benzene rings is 1. The minimum atomic E-state index is -0.0118. The van der Waals surface area contributed by atoms with E-state index >= 15 is 0 Å². The van der Waals surface area contributed by atoms with E-state index in [4.69, 9.17) is 4.74 Å². The molecule has 0 spiro atoms. The second-order valence-electron chi connectivity index (χ2n) is 4.38. The summed E-state index contributed by atoms with van der Waals surface area (Å²) in [5.74, 6) is 0.497. The fourth-order valence-corrected chi connectivity index (χ4v) is 1.95. The third-order valence-electron chi connectivity index (χ3n) is 3.06. The molecule has 0 N–H and O–H groups in total. The first-order chi connectivity index (χ1) is 7.83. The largest absolute Gasteiger partial charge is 0.465 e. The van der Waals surface area contributed by atoms with Crippen molar-refractivity contribution in [1.29, 1.82) is 0 Å². The number of ether oxygens (including phenoxy) is 1. The van der Waals surface area contributed by atoms with Crippen LogP contribution in [0.1, 0.15) is 37.7 Å². The predicted molar refractivity (Wildman–Crippen MR) is 63.2 cm³/mol. The first-order valence-electron chi connectivity index (χ1n) is 6.04. The quantitative estimate of drug-likeness (QED) is 0.560. The monoisotopic (exact) mass is 218 g/mol. The lowest BCUT2D eigenvalue weighted by molar-refractivity contribution is -0.145. The SMILES string of the molecule is CCCCOC(=O)[C@H]1C[C@H]1c1ccccc1. The van der Waals surface area contributed by atoms with Crippen molar-refractivity contribution in [2.24, 2.45) is 5.92 Å². The van der Waals surface area contributed by atoms with E-state index < -0.39 is 0 Å². The van der Waals surface area contributed by atoms with Gasteiger partial charge in [0.05, 0.1) is 12.5 Å². The molecule has 1 aliphatic rings. The highest BCUT2D eigenvalue weighted by Gasteiger charge is 2.44. The summed E-state index contributed by atoms with van der Waals surface area (Å²) in [6.45, 7) is 2.67. The topological polar surface area (TPSA) is 26.3 Å². The van der Waals surface area contributed by atoms with Gasteiger partial charge in [0, 0.05) is 0 Å². The molecule has 0 radical (unpaired) electrons. The molecule has 1 aliphatic carbocycles. The van der Waals surface area contributed by atoms with Crippen molar-refractivity contribution in [3.05, 3.63) is 35.9 Å². The summed E-state index contributed by atoms with van der Waals surface area (Å²) in [6, 6.07) is 10.2. The van der Waals surface area contributed by atoms with Crippen molar-refractivity contribution in [2.75, 3.05) is 6.61 Å². The normalized spacial score (nSPS) is 22.8. The highest BCUT2D eigenvalue weighted by molar-refractivity contribution is 5.77. The van der Waals surface area contributed by atoms with Crippen molar-refractivity contribution < 1.29 is 9.53 Å². The minimum absolute atomic E-state index is 0.0118. The smallest absolute Gasteiger partial charge is 0.309 e. The number of carbonyl (C=O) groups is 1. The van der Waals surface area contributed by atoms with E-state index in [9.17, 15) is 4.79 Å². The summed E-state index contributed by atoms with van der Waals surface area (Å²) in [7, 11) is 0. The van der Waals surface area contributed by atoms with Crippen LogP contribution in [-0.4, -0.2) is 12.6 Å². The van der Waals surface area contributed by atoms with Gasteiger partial charge in [0.25, 0.3) is 0 Å². The third kappa shape index (κ3) is 2.63. The molecule has 2 nitrogen and oxygen atoms in total. The molecule has 2 atom stereocenters. The summed E-state index contributed by atoms with van der Waals surface area (Å²) >= 11 is 0. The van der Waals surface area contributed by atoms with Crippen LogP contribution in [0.3, 0.4) is 0 Å². The van der Waals surface area contributed by atoms with Crippen LogP contribution < -0.4 is 0 Å². The Labute approximate surface area is 96.6 Å². The molecular weight excluding hydrogens is 200 g/mol. The van der Waals surface area contributed by atoms with Crippen LogP contribution in [0, 0.1) is 5.92 Å². The maximum atomic E-state index is 11.6. The molecule has 0 unspecified atom stereocenters. The fraction of sp³-hybridized carbons (Fsp3) is 0.500. The van der Waals surface area contributed by atoms with E-state index in [1.807, 2.05) is 18.2 Å². The van der Waals surface area contributed by atoms with Crippen LogP contribution in [0.4, 0.5) is 0 Å². The molecule has 0 saturated heterocycles. The Hall–Kier alpha value is -1.31. The Morgan fingerprint density at radius 2 is 2.12 bits per heavy atom. The molecule has 86 valence electrons. The minimum Gasteiger partial charge on any atom is -0.465 e. The summed E-state index contributed by atoms with van der Waals surface area (Å²) in [5.41, 5.74) is 1.26. The lowest BCUT2D eigenvalue weighted by atomic mass is 10.1. The Morgan fingerprint density at radius 3 is 2.81 bits per heavy atom. The third-order valence-corrected chi connectivity index (χ3v) is 3.06. The number of carbonyl (C=O) groups excluding carboxylic acids is 1. The number of esters is 1. The lowest BCUT2D eigenvalue weighted by Gasteiger charge is -2.03. The van der Waals surface area contributed by atoms with E-state index in [-0.39, 0.29) is 11.9 Å². The Bertz CT molecular complexity index is 345. The molecule has 0 amide bonds. The van der Waals surface area contributed by atoms with Gasteiger partial charge in [0.1, 0.15) is 0 Å². The predicted octanol–water partition coefficient (Wildman–Crippen LogP) is 3.13. The molecule has 1 aromatic rings. The Kier molecular flexibility index (Phi) is 3.60. The van der Waals surface area contributed by atoms with E-state index in [1.165, 1.54) is 5.56 Å². The second-order valence-corrected chi connectivity index (χ2v) is 4.38. The first-order valence-corrected chi connectivity index (χ1v) is 6.04. The van der Waals surface area contributed by atoms with Gasteiger partial charge in [0.15, 0.2) is 0 Å². The van der Waals surface area contributed by atoms with Crippen molar-refractivity contribution in [1.82, 2.24) is 0 Å². The van der Waals surface area contributed by atoms with Crippen molar-refractivity contribution in [3.8, 4) is 0 Å². The first kappa shape index (κ1) is 11.2. The van der Waals surface area contributed by atoms with Crippen LogP contribution in [0.5, 0.6) is 0 Å². The number of unbranched alkanes of at least 4 members (excludes halogenated alkanes) is 1. The van der Waals surface area contributed by atoms with Gasteiger partial charge in [-0.15, -0.1) is 0 Å². The van der Waals surface area contributed by atoms with Crippen molar-refractivity contribution >= 4 is 5.97 Å². The standard InChI is InChI=1S/C14H18O2/c1-2-3-9-16-14(15)13-10-12(13)11-7-5-4-6-8-11/h4-8,12-13H,2-3,9-10H2,1H3/t12-,13-/m0/s1. The fourth-order valence-electron chi connectivity index (χ4n) is 1.95.